The first kappa shape index (κ1) is 18.5. The Morgan fingerprint density at radius 1 is 1.21 bits per heavy atom. The molecule has 1 aromatic rings. The fraction of sp³-hybridized carbons (Fsp3) is 0.600. The molecule has 9 heteroatoms. The molecule has 0 spiro atoms. The molecule has 1 aromatic carbocycles. The van der Waals surface area contributed by atoms with Gasteiger partial charge in [0.25, 0.3) is 5.69 Å². The summed E-state index contributed by atoms with van der Waals surface area (Å²) in [7, 11) is 3.98. The van der Waals surface area contributed by atoms with E-state index in [9.17, 15) is 23.3 Å². The molecule has 0 radical (unpaired) electrons. The van der Waals surface area contributed by atoms with Crippen LogP contribution in [0.3, 0.4) is 0 Å². The Labute approximate surface area is 138 Å². The third-order valence-electron chi connectivity index (χ3n) is 4.08. The first-order chi connectivity index (χ1) is 11.2. The van der Waals surface area contributed by atoms with Crippen LogP contribution in [0.5, 0.6) is 0 Å². The molecule has 0 saturated carbocycles. The minimum absolute atomic E-state index is 0.250. The van der Waals surface area contributed by atoms with E-state index in [2.05, 4.69) is 9.80 Å². The molecular weight excluding hydrogens is 325 g/mol. The second-order valence-electron chi connectivity index (χ2n) is 6.09. The number of benzene rings is 1. The summed E-state index contributed by atoms with van der Waals surface area (Å²) in [6, 6.07) is 2.73. The molecular formula is C15H21F3N4O2. The number of nitrogens with zero attached hydrogens (tertiary/aromatic N) is 4. The van der Waals surface area contributed by atoms with Crippen molar-refractivity contribution >= 4 is 11.4 Å². The third kappa shape index (κ3) is 4.57. The second kappa shape index (κ2) is 7.35. The van der Waals surface area contributed by atoms with Crippen LogP contribution in [-0.4, -0.2) is 68.1 Å². The first-order valence-electron chi connectivity index (χ1n) is 7.66. The largest absolute Gasteiger partial charge is 0.416 e. The molecule has 0 unspecified atom stereocenters. The van der Waals surface area contributed by atoms with Gasteiger partial charge in [0, 0.05) is 45.3 Å². The zero-order chi connectivity index (χ0) is 17.9. The minimum atomic E-state index is -4.59. The van der Waals surface area contributed by atoms with Gasteiger partial charge < -0.3 is 9.80 Å². The molecule has 6 nitrogen and oxygen atoms in total. The Balaban J connectivity index is 2.11. The highest BCUT2D eigenvalue weighted by atomic mass is 19.4. The van der Waals surface area contributed by atoms with Gasteiger partial charge in [-0.05, 0) is 26.2 Å². The fourth-order valence-electron chi connectivity index (χ4n) is 2.67. The number of nitro groups is 1. The van der Waals surface area contributed by atoms with Crippen molar-refractivity contribution in [2.24, 2.45) is 0 Å². The van der Waals surface area contributed by atoms with Crippen LogP contribution in [-0.2, 0) is 6.18 Å². The SMILES string of the molecule is CN(C)CCN1CCN(c2ccc(C(F)(F)F)cc2[N+](=O)[O-])CC1. The van der Waals surface area contributed by atoms with Crippen molar-refractivity contribution in [3.8, 4) is 0 Å². The average Bonchev–Trinajstić information content (AvgIpc) is 2.52. The Bertz CT molecular complexity index is 585. The molecule has 24 heavy (non-hydrogen) atoms. The number of hydrogen-bond acceptors (Lipinski definition) is 5. The van der Waals surface area contributed by atoms with Gasteiger partial charge in [-0.15, -0.1) is 0 Å². The quantitative estimate of drug-likeness (QED) is 0.605. The summed E-state index contributed by atoms with van der Waals surface area (Å²) < 4.78 is 38.3. The molecule has 1 saturated heterocycles. The van der Waals surface area contributed by atoms with Crippen molar-refractivity contribution in [1.29, 1.82) is 0 Å². The molecule has 0 aromatic heterocycles. The molecule has 0 aliphatic carbocycles. The molecule has 0 atom stereocenters. The maximum absolute atomic E-state index is 12.8. The first-order valence-corrected chi connectivity index (χ1v) is 7.66. The van der Waals surface area contributed by atoms with Crippen LogP contribution in [0, 0.1) is 10.1 Å². The molecule has 0 amide bonds. The van der Waals surface area contributed by atoms with Gasteiger partial charge in [-0.25, -0.2) is 0 Å². The lowest BCUT2D eigenvalue weighted by atomic mass is 10.1. The van der Waals surface area contributed by atoms with E-state index >= 15 is 0 Å². The molecule has 134 valence electrons. The van der Waals surface area contributed by atoms with Crippen LogP contribution in [0.25, 0.3) is 0 Å². The minimum Gasteiger partial charge on any atom is -0.363 e. The van der Waals surface area contributed by atoms with Gasteiger partial charge in [0.1, 0.15) is 5.69 Å². The van der Waals surface area contributed by atoms with Gasteiger partial charge in [-0.3, -0.25) is 15.0 Å². The predicted molar refractivity (Wildman–Crippen MR) is 85.3 cm³/mol. The van der Waals surface area contributed by atoms with Crippen molar-refractivity contribution in [2.75, 3.05) is 58.3 Å². The highest BCUT2D eigenvalue weighted by Crippen LogP contribution is 2.36. The monoisotopic (exact) mass is 346 g/mol. The summed E-state index contributed by atoms with van der Waals surface area (Å²) in [4.78, 5) is 16.5. The van der Waals surface area contributed by atoms with Crippen LogP contribution < -0.4 is 4.90 Å². The van der Waals surface area contributed by atoms with E-state index in [0.29, 0.717) is 19.2 Å². The topological polar surface area (TPSA) is 52.9 Å². The van der Waals surface area contributed by atoms with E-state index in [-0.39, 0.29) is 5.69 Å². The Hall–Kier alpha value is -1.87. The van der Waals surface area contributed by atoms with Crippen molar-refractivity contribution in [3.63, 3.8) is 0 Å². The van der Waals surface area contributed by atoms with Crippen molar-refractivity contribution < 1.29 is 18.1 Å². The lowest BCUT2D eigenvalue weighted by molar-refractivity contribution is -0.384. The molecule has 0 N–H and O–H groups in total. The standard InChI is InChI=1S/C15H21F3N4O2/c1-19(2)5-6-20-7-9-21(10-8-20)13-4-3-12(15(16,17)18)11-14(13)22(23)24/h3-4,11H,5-10H2,1-2H3. The predicted octanol–water partition coefficient (Wildman–Crippen LogP) is 2.30. The van der Waals surface area contributed by atoms with E-state index in [1.165, 1.54) is 6.07 Å². The maximum Gasteiger partial charge on any atom is 0.416 e. The number of anilines is 1. The van der Waals surface area contributed by atoms with Crippen molar-refractivity contribution in [3.05, 3.63) is 33.9 Å². The lowest BCUT2D eigenvalue weighted by Crippen LogP contribution is -2.48. The van der Waals surface area contributed by atoms with E-state index in [4.69, 9.17) is 0 Å². The summed E-state index contributed by atoms with van der Waals surface area (Å²) in [5.74, 6) is 0. The normalized spacial score (nSPS) is 16.7. The van der Waals surface area contributed by atoms with Crippen LogP contribution in [0.15, 0.2) is 18.2 Å². The second-order valence-corrected chi connectivity index (χ2v) is 6.09. The fourth-order valence-corrected chi connectivity index (χ4v) is 2.67. The summed E-state index contributed by atoms with van der Waals surface area (Å²) in [5.41, 5.74) is -1.24. The van der Waals surface area contributed by atoms with Gasteiger partial charge in [-0.1, -0.05) is 0 Å². The van der Waals surface area contributed by atoms with E-state index in [0.717, 1.165) is 32.2 Å². The Kier molecular flexibility index (Phi) is 5.66. The highest BCUT2D eigenvalue weighted by molar-refractivity contribution is 5.65. The van der Waals surface area contributed by atoms with Crippen LogP contribution in [0.1, 0.15) is 5.56 Å². The Morgan fingerprint density at radius 2 is 1.83 bits per heavy atom. The smallest absolute Gasteiger partial charge is 0.363 e. The zero-order valence-corrected chi connectivity index (χ0v) is 13.7. The van der Waals surface area contributed by atoms with Crippen LogP contribution in [0.4, 0.5) is 24.5 Å². The van der Waals surface area contributed by atoms with Crippen LogP contribution >= 0.6 is 0 Å². The molecule has 1 aliphatic rings. The number of halogens is 3. The number of likely N-dealkylation sites (N-methyl/N-ethyl adjacent to an activating group) is 1. The summed E-state index contributed by atoms with van der Waals surface area (Å²) in [5, 5.41) is 11.2. The summed E-state index contributed by atoms with van der Waals surface area (Å²) >= 11 is 0. The molecule has 1 fully saturated rings. The van der Waals surface area contributed by atoms with Gasteiger partial charge in [0.05, 0.1) is 10.5 Å². The highest BCUT2D eigenvalue weighted by Gasteiger charge is 2.34. The molecule has 1 aliphatic heterocycles. The number of alkyl halides is 3. The zero-order valence-electron chi connectivity index (χ0n) is 13.7. The summed E-state index contributed by atoms with van der Waals surface area (Å²) in [6.45, 7) is 4.38. The average molecular weight is 346 g/mol. The molecule has 1 heterocycles. The van der Waals surface area contributed by atoms with E-state index < -0.39 is 22.4 Å². The lowest BCUT2D eigenvalue weighted by Gasteiger charge is -2.36. The van der Waals surface area contributed by atoms with Gasteiger partial charge in [0.2, 0.25) is 0 Å². The third-order valence-corrected chi connectivity index (χ3v) is 4.08. The Morgan fingerprint density at radius 3 is 2.33 bits per heavy atom. The van der Waals surface area contributed by atoms with E-state index in [1.54, 1.807) is 4.90 Å². The number of rotatable bonds is 5. The van der Waals surface area contributed by atoms with Crippen molar-refractivity contribution in [2.45, 2.75) is 6.18 Å². The molecule has 0 bridgehead atoms. The number of piperazine rings is 1. The number of nitro benzene ring substituents is 1. The molecule has 2 rings (SSSR count). The van der Waals surface area contributed by atoms with Gasteiger partial charge in [0.15, 0.2) is 0 Å². The number of hydrogen-bond donors (Lipinski definition) is 0. The van der Waals surface area contributed by atoms with Crippen LogP contribution in [0.2, 0.25) is 0 Å². The summed E-state index contributed by atoms with van der Waals surface area (Å²) in [6.07, 6.45) is -4.59. The van der Waals surface area contributed by atoms with Gasteiger partial charge in [-0.2, -0.15) is 13.2 Å². The van der Waals surface area contributed by atoms with Gasteiger partial charge >= 0.3 is 6.18 Å². The maximum atomic E-state index is 12.8. The van der Waals surface area contributed by atoms with E-state index in [1.807, 2.05) is 14.1 Å². The van der Waals surface area contributed by atoms with Crippen molar-refractivity contribution in [1.82, 2.24) is 9.80 Å².